The average molecular weight is 441 g/mol. The Morgan fingerprint density at radius 2 is 1.76 bits per heavy atom. The predicted molar refractivity (Wildman–Crippen MR) is 135 cm³/mol. The first-order valence-electron chi connectivity index (χ1n) is 11.1. The number of benzene rings is 2. The van der Waals surface area contributed by atoms with E-state index in [1.54, 1.807) is 4.57 Å². The molecule has 0 bridgehead atoms. The fourth-order valence-corrected chi connectivity index (χ4v) is 4.62. The summed E-state index contributed by atoms with van der Waals surface area (Å²) in [6.07, 6.45) is 8.13. The number of pyridine rings is 1. The molecule has 162 valence electrons. The van der Waals surface area contributed by atoms with E-state index < -0.39 is 0 Å². The van der Waals surface area contributed by atoms with Crippen LogP contribution in [-0.2, 0) is 11.3 Å². The Labute approximate surface area is 195 Å². The standard InChI is InChI=1S/C29H19N3O2/c33-28-24(18-20-10-6-16-30-20)27-19(8-5-14-25(27)31-28)9-7-17-32-26-15-4-3-12-22(26)21-11-1-2-13-23(21)29(32)34/h1-6,8,10-13,15-16,18,30H,14,17H2/b24-18-. The van der Waals surface area contributed by atoms with Crippen LogP contribution in [0.2, 0.25) is 0 Å². The molecule has 1 aliphatic heterocycles. The van der Waals surface area contributed by atoms with Gasteiger partial charge in [-0.25, -0.2) is 4.99 Å². The minimum atomic E-state index is -0.251. The van der Waals surface area contributed by atoms with Crippen LogP contribution in [0.1, 0.15) is 12.1 Å². The second kappa shape index (κ2) is 8.02. The monoisotopic (exact) mass is 441 g/mol. The number of para-hydroxylation sites is 1. The predicted octanol–water partition coefficient (Wildman–Crippen LogP) is 4.81. The lowest BCUT2D eigenvalue weighted by Gasteiger charge is -2.11. The third kappa shape index (κ3) is 3.25. The van der Waals surface area contributed by atoms with E-state index in [1.807, 2.05) is 85.1 Å². The van der Waals surface area contributed by atoms with Gasteiger partial charge in [-0.3, -0.25) is 14.2 Å². The summed E-state index contributed by atoms with van der Waals surface area (Å²) in [7, 11) is 0. The van der Waals surface area contributed by atoms with Crippen LogP contribution >= 0.6 is 0 Å². The average Bonchev–Trinajstić information content (AvgIpc) is 3.49. The minimum Gasteiger partial charge on any atom is -0.362 e. The number of allylic oxidation sites excluding steroid dienone is 3. The SMILES string of the molecule is O=C1N=C2CC=CC(C#CCn3c(=O)c4ccccc4c4ccccc43)=C2/C1=C/c1ccc[nH]1. The Hall–Kier alpha value is -4.69. The van der Waals surface area contributed by atoms with E-state index in [4.69, 9.17) is 0 Å². The fraction of sp³-hybridized carbons (Fsp3) is 0.0690. The molecule has 2 aromatic heterocycles. The zero-order chi connectivity index (χ0) is 23.1. The molecule has 0 unspecified atom stereocenters. The van der Waals surface area contributed by atoms with E-state index in [-0.39, 0.29) is 18.0 Å². The molecule has 1 amide bonds. The number of aromatic amines is 1. The van der Waals surface area contributed by atoms with Crippen molar-refractivity contribution in [3.05, 3.63) is 112 Å². The van der Waals surface area contributed by atoms with Crippen LogP contribution in [0, 0.1) is 11.8 Å². The number of hydrogen-bond donors (Lipinski definition) is 1. The van der Waals surface area contributed by atoms with Gasteiger partial charge in [-0.2, -0.15) is 0 Å². The lowest BCUT2D eigenvalue weighted by molar-refractivity contribution is -0.113. The van der Waals surface area contributed by atoms with Crippen LogP contribution in [0.3, 0.4) is 0 Å². The molecule has 1 aliphatic carbocycles. The van der Waals surface area contributed by atoms with Gasteiger partial charge in [-0.15, -0.1) is 0 Å². The summed E-state index contributed by atoms with van der Waals surface area (Å²) >= 11 is 0. The highest BCUT2D eigenvalue weighted by atomic mass is 16.1. The molecule has 3 heterocycles. The van der Waals surface area contributed by atoms with Gasteiger partial charge in [-0.1, -0.05) is 54.3 Å². The minimum absolute atomic E-state index is 0.0638. The highest BCUT2D eigenvalue weighted by molar-refractivity contribution is 6.27. The number of rotatable bonds is 2. The topological polar surface area (TPSA) is 67.2 Å². The first-order chi connectivity index (χ1) is 16.7. The van der Waals surface area contributed by atoms with Gasteiger partial charge in [0, 0.05) is 40.2 Å². The van der Waals surface area contributed by atoms with Crippen molar-refractivity contribution in [3.8, 4) is 11.8 Å². The Kier molecular flexibility index (Phi) is 4.71. The Morgan fingerprint density at radius 1 is 0.971 bits per heavy atom. The van der Waals surface area contributed by atoms with Gasteiger partial charge in [0.15, 0.2) is 0 Å². The molecular weight excluding hydrogens is 422 g/mol. The number of nitrogens with zero attached hydrogens (tertiary/aromatic N) is 2. The van der Waals surface area contributed by atoms with Crippen molar-refractivity contribution >= 4 is 39.4 Å². The molecule has 2 aromatic carbocycles. The Morgan fingerprint density at radius 3 is 2.59 bits per heavy atom. The zero-order valence-corrected chi connectivity index (χ0v) is 18.2. The maximum atomic E-state index is 13.3. The Bertz CT molecular complexity index is 1730. The summed E-state index contributed by atoms with van der Waals surface area (Å²) < 4.78 is 1.72. The third-order valence-electron chi connectivity index (χ3n) is 6.16. The maximum absolute atomic E-state index is 13.3. The van der Waals surface area contributed by atoms with Crippen LogP contribution in [0.5, 0.6) is 0 Å². The molecule has 0 saturated carbocycles. The molecule has 4 aromatic rings. The molecule has 6 rings (SSSR count). The molecule has 0 saturated heterocycles. The number of H-pyrrole nitrogens is 1. The third-order valence-corrected chi connectivity index (χ3v) is 6.16. The van der Waals surface area contributed by atoms with Gasteiger partial charge in [0.25, 0.3) is 11.5 Å². The molecule has 0 fully saturated rings. The summed E-state index contributed by atoms with van der Waals surface area (Å²) in [5.41, 5.74) is 4.43. The summed E-state index contributed by atoms with van der Waals surface area (Å²) in [6.45, 7) is 0.241. The summed E-state index contributed by atoms with van der Waals surface area (Å²) in [5, 5.41) is 2.64. The van der Waals surface area contributed by atoms with Crippen molar-refractivity contribution in [2.24, 2.45) is 4.99 Å². The largest absolute Gasteiger partial charge is 0.362 e. The van der Waals surface area contributed by atoms with Crippen LogP contribution in [0.4, 0.5) is 0 Å². The number of amides is 1. The second-order valence-electron chi connectivity index (χ2n) is 8.20. The van der Waals surface area contributed by atoms with Crippen LogP contribution in [0.25, 0.3) is 27.8 Å². The van der Waals surface area contributed by atoms with E-state index in [0.717, 1.165) is 38.8 Å². The lowest BCUT2D eigenvalue weighted by Crippen LogP contribution is -2.20. The number of fused-ring (bicyclic) bond motifs is 4. The second-order valence-corrected chi connectivity index (χ2v) is 8.20. The van der Waals surface area contributed by atoms with Crippen molar-refractivity contribution in [2.45, 2.75) is 13.0 Å². The zero-order valence-electron chi connectivity index (χ0n) is 18.2. The number of carbonyl (C=O) groups excluding carboxylic acids is 1. The lowest BCUT2D eigenvalue weighted by atomic mass is 9.91. The van der Waals surface area contributed by atoms with E-state index >= 15 is 0 Å². The maximum Gasteiger partial charge on any atom is 0.278 e. The van der Waals surface area contributed by atoms with E-state index in [2.05, 4.69) is 21.8 Å². The molecule has 5 heteroatoms. The van der Waals surface area contributed by atoms with E-state index in [0.29, 0.717) is 17.4 Å². The molecule has 0 atom stereocenters. The van der Waals surface area contributed by atoms with E-state index in [9.17, 15) is 9.59 Å². The molecule has 34 heavy (non-hydrogen) atoms. The smallest absolute Gasteiger partial charge is 0.278 e. The number of nitrogens with one attached hydrogen (secondary N) is 1. The quantitative estimate of drug-likeness (QED) is 0.276. The number of aliphatic imine (C=N–C) groups is 1. The van der Waals surface area contributed by atoms with Crippen LogP contribution in [0.15, 0.2) is 106 Å². The molecule has 1 N–H and O–H groups in total. The number of hydrogen-bond acceptors (Lipinski definition) is 2. The molecule has 0 spiro atoms. The fourth-order valence-electron chi connectivity index (χ4n) is 4.62. The van der Waals surface area contributed by atoms with Crippen LogP contribution < -0.4 is 5.56 Å². The van der Waals surface area contributed by atoms with Crippen molar-refractivity contribution in [1.29, 1.82) is 0 Å². The van der Waals surface area contributed by atoms with Gasteiger partial charge < -0.3 is 4.98 Å². The van der Waals surface area contributed by atoms with Crippen molar-refractivity contribution in [3.63, 3.8) is 0 Å². The van der Waals surface area contributed by atoms with Crippen molar-refractivity contribution in [1.82, 2.24) is 9.55 Å². The summed E-state index contributed by atoms with van der Waals surface area (Å²) in [5.74, 6) is 6.14. The number of carbonyl (C=O) groups is 1. The molecule has 0 radical (unpaired) electrons. The van der Waals surface area contributed by atoms with Crippen molar-refractivity contribution < 1.29 is 4.79 Å². The normalized spacial score (nSPS) is 16.2. The Balaban J connectivity index is 1.45. The molecule has 5 nitrogen and oxygen atoms in total. The van der Waals surface area contributed by atoms with Crippen molar-refractivity contribution in [2.75, 3.05) is 0 Å². The van der Waals surface area contributed by atoms with Gasteiger partial charge in [-0.05, 0) is 41.8 Å². The van der Waals surface area contributed by atoms with Gasteiger partial charge in [0.2, 0.25) is 0 Å². The number of aromatic nitrogens is 2. The molecule has 2 aliphatic rings. The van der Waals surface area contributed by atoms with Gasteiger partial charge in [0.1, 0.15) is 0 Å². The van der Waals surface area contributed by atoms with Crippen LogP contribution in [-0.4, -0.2) is 21.2 Å². The highest BCUT2D eigenvalue weighted by Gasteiger charge is 2.29. The molecular formula is C29H19N3O2. The highest BCUT2D eigenvalue weighted by Crippen LogP contribution is 2.31. The van der Waals surface area contributed by atoms with E-state index in [1.165, 1.54) is 0 Å². The van der Waals surface area contributed by atoms with Gasteiger partial charge >= 0.3 is 0 Å². The first-order valence-corrected chi connectivity index (χ1v) is 11.1. The summed E-state index contributed by atoms with van der Waals surface area (Å²) in [6, 6.07) is 19.3. The first kappa shape index (κ1) is 20.0. The van der Waals surface area contributed by atoms with Gasteiger partial charge in [0.05, 0.1) is 23.3 Å². The summed E-state index contributed by atoms with van der Waals surface area (Å²) in [4.78, 5) is 33.2.